The normalized spacial score (nSPS) is 11.2. The van der Waals surface area contributed by atoms with E-state index in [2.05, 4.69) is 34.3 Å². The zero-order valence-corrected chi connectivity index (χ0v) is 19.0. The molecule has 0 fully saturated rings. The van der Waals surface area contributed by atoms with Gasteiger partial charge < -0.3 is 14.1 Å². The first-order valence-corrected chi connectivity index (χ1v) is 11.2. The molecule has 2 aromatic heterocycles. The van der Waals surface area contributed by atoms with E-state index < -0.39 is 5.63 Å². The number of nitrogens with one attached hydrogen (secondary N) is 1. The summed E-state index contributed by atoms with van der Waals surface area (Å²) in [5, 5.41) is 7.47. The lowest BCUT2D eigenvalue weighted by Crippen LogP contribution is -2.21. The number of aromatic nitrogens is 1. The molecule has 0 spiro atoms. The molecule has 1 N–H and O–H groups in total. The first kappa shape index (κ1) is 21.6. The van der Waals surface area contributed by atoms with Crippen molar-refractivity contribution in [2.75, 3.05) is 30.5 Å². The van der Waals surface area contributed by atoms with Crippen LogP contribution in [0.25, 0.3) is 22.2 Å². The number of thiazole rings is 1. The minimum atomic E-state index is -0.409. The highest BCUT2D eigenvalue weighted by atomic mass is 32.1. The van der Waals surface area contributed by atoms with Gasteiger partial charge in [0.15, 0.2) is 0 Å². The van der Waals surface area contributed by atoms with Gasteiger partial charge in [0.05, 0.1) is 24.6 Å². The number of rotatable bonds is 8. The number of nitrogens with zero attached hydrogens (tertiary/aromatic N) is 3. The van der Waals surface area contributed by atoms with Gasteiger partial charge in [-0.15, -0.1) is 11.3 Å². The highest BCUT2D eigenvalue weighted by molar-refractivity contribution is 7.14. The number of hydrogen-bond donors (Lipinski definition) is 1. The van der Waals surface area contributed by atoms with E-state index in [1.807, 2.05) is 53.9 Å². The van der Waals surface area contributed by atoms with Crippen LogP contribution >= 0.6 is 11.3 Å². The number of methoxy groups -OCH3 is 1. The summed E-state index contributed by atoms with van der Waals surface area (Å²) in [6, 6.07) is 15.3. The summed E-state index contributed by atoms with van der Waals surface area (Å²) >= 11 is 1.37. The summed E-state index contributed by atoms with van der Waals surface area (Å²) in [6.07, 6.45) is 1.69. The highest BCUT2D eigenvalue weighted by Crippen LogP contribution is 2.27. The number of hydrogen-bond acceptors (Lipinski definition) is 8. The second-order valence-electron chi connectivity index (χ2n) is 7.02. The van der Waals surface area contributed by atoms with Crippen LogP contribution in [0.5, 0.6) is 5.75 Å². The van der Waals surface area contributed by atoms with Crippen molar-refractivity contribution in [2.24, 2.45) is 5.10 Å². The number of benzene rings is 2. The molecule has 0 amide bonds. The fourth-order valence-corrected chi connectivity index (χ4v) is 4.02. The predicted octanol–water partition coefficient (Wildman–Crippen LogP) is 5.22. The van der Waals surface area contributed by atoms with Crippen molar-refractivity contribution in [3.05, 3.63) is 69.9 Å². The van der Waals surface area contributed by atoms with Gasteiger partial charge in [0.2, 0.25) is 5.13 Å². The molecule has 0 aliphatic rings. The number of ether oxygens (including phenoxy) is 1. The van der Waals surface area contributed by atoms with Gasteiger partial charge in [-0.1, -0.05) is 0 Å². The van der Waals surface area contributed by atoms with Gasteiger partial charge in [-0.3, -0.25) is 5.43 Å². The van der Waals surface area contributed by atoms with E-state index in [-0.39, 0.29) is 0 Å². The van der Waals surface area contributed by atoms with Gasteiger partial charge in [-0.05, 0) is 61.9 Å². The Morgan fingerprint density at radius 3 is 2.66 bits per heavy atom. The maximum Gasteiger partial charge on any atom is 0.345 e. The van der Waals surface area contributed by atoms with Crippen LogP contribution in [-0.4, -0.2) is 31.4 Å². The lowest BCUT2D eigenvalue weighted by atomic mass is 10.1. The summed E-state index contributed by atoms with van der Waals surface area (Å²) < 4.78 is 10.8. The molecule has 0 saturated heterocycles. The first-order valence-electron chi connectivity index (χ1n) is 10.3. The third kappa shape index (κ3) is 4.65. The quantitative estimate of drug-likeness (QED) is 0.226. The fraction of sp³-hybridized carbons (Fsp3) is 0.208. The second kappa shape index (κ2) is 9.65. The molecule has 2 heterocycles. The summed E-state index contributed by atoms with van der Waals surface area (Å²) in [5.41, 5.74) is 6.01. The lowest BCUT2D eigenvalue weighted by molar-refractivity contribution is 0.415. The van der Waals surface area contributed by atoms with E-state index in [1.165, 1.54) is 11.3 Å². The zero-order chi connectivity index (χ0) is 22.5. The molecular weight excluding hydrogens is 424 g/mol. The van der Waals surface area contributed by atoms with E-state index in [0.717, 1.165) is 35.5 Å². The van der Waals surface area contributed by atoms with Gasteiger partial charge in [0, 0.05) is 35.6 Å². The molecule has 8 heteroatoms. The highest BCUT2D eigenvalue weighted by Gasteiger charge is 2.13. The van der Waals surface area contributed by atoms with E-state index in [1.54, 1.807) is 13.3 Å². The minimum Gasteiger partial charge on any atom is -0.497 e. The molecule has 0 radical (unpaired) electrons. The molecule has 0 saturated carbocycles. The molecule has 0 aliphatic carbocycles. The molecule has 7 nitrogen and oxygen atoms in total. The molecule has 0 unspecified atom stereocenters. The Hall–Kier alpha value is -3.65. The molecule has 2 aromatic carbocycles. The number of anilines is 2. The van der Waals surface area contributed by atoms with Crippen molar-refractivity contribution in [2.45, 2.75) is 13.8 Å². The fourth-order valence-electron chi connectivity index (χ4n) is 3.36. The Balaban J connectivity index is 1.53. The van der Waals surface area contributed by atoms with Crippen LogP contribution in [-0.2, 0) is 0 Å². The first-order chi connectivity index (χ1) is 15.6. The van der Waals surface area contributed by atoms with Crippen molar-refractivity contribution in [1.82, 2.24) is 4.98 Å². The van der Waals surface area contributed by atoms with Gasteiger partial charge in [0.25, 0.3) is 0 Å². The van der Waals surface area contributed by atoms with Crippen LogP contribution in [0.15, 0.2) is 68.2 Å². The largest absolute Gasteiger partial charge is 0.497 e. The van der Waals surface area contributed by atoms with Gasteiger partial charge >= 0.3 is 5.63 Å². The molecule has 4 rings (SSSR count). The van der Waals surface area contributed by atoms with Crippen LogP contribution in [0.4, 0.5) is 10.8 Å². The summed E-state index contributed by atoms with van der Waals surface area (Å²) in [4.78, 5) is 19.3. The topological polar surface area (TPSA) is 80.0 Å². The number of fused-ring (bicyclic) bond motifs is 1. The standard InChI is InChI=1S/C24H24N4O3S/c1-4-28(5-2)18-9-8-17-12-20(23(29)31-22(17)13-18)21-15-32-24(26-21)27-25-14-16-6-10-19(30-3)11-7-16/h6-15H,4-5H2,1-3H3,(H,26,27)/b25-14-. The Morgan fingerprint density at radius 1 is 1.16 bits per heavy atom. The molecule has 32 heavy (non-hydrogen) atoms. The van der Waals surface area contributed by atoms with Crippen LogP contribution < -0.4 is 20.7 Å². The Bertz CT molecular complexity index is 1290. The lowest BCUT2D eigenvalue weighted by Gasteiger charge is -2.20. The molecule has 4 aromatic rings. The SMILES string of the molecule is CCN(CC)c1ccc2cc(-c3csc(N/N=C\c4ccc(OC)cc4)n3)c(=O)oc2c1. The van der Waals surface area contributed by atoms with Crippen molar-refractivity contribution >= 4 is 39.3 Å². The summed E-state index contributed by atoms with van der Waals surface area (Å²) in [5.74, 6) is 0.790. The van der Waals surface area contributed by atoms with Crippen LogP contribution in [0.2, 0.25) is 0 Å². The Kier molecular flexibility index (Phi) is 6.51. The average Bonchev–Trinajstić information content (AvgIpc) is 3.28. The summed E-state index contributed by atoms with van der Waals surface area (Å²) in [6.45, 7) is 5.98. The van der Waals surface area contributed by atoms with E-state index in [0.29, 0.717) is 22.0 Å². The second-order valence-corrected chi connectivity index (χ2v) is 7.88. The zero-order valence-electron chi connectivity index (χ0n) is 18.2. The molecule has 0 aliphatic heterocycles. The van der Waals surface area contributed by atoms with Crippen molar-refractivity contribution in [1.29, 1.82) is 0 Å². The van der Waals surface area contributed by atoms with Crippen LogP contribution in [0.1, 0.15) is 19.4 Å². The molecule has 0 atom stereocenters. The molecular formula is C24H24N4O3S. The van der Waals surface area contributed by atoms with Crippen molar-refractivity contribution in [3.8, 4) is 17.0 Å². The number of hydrazone groups is 1. The van der Waals surface area contributed by atoms with E-state index in [9.17, 15) is 4.79 Å². The van der Waals surface area contributed by atoms with E-state index in [4.69, 9.17) is 9.15 Å². The minimum absolute atomic E-state index is 0.409. The molecule has 0 bridgehead atoms. The van der Waals surface area contributed by atoms with Gasteiger partial charge in [0.1, 0.15) is 11.3 Å². The monoisotopic (exact) mass is 448 g/mol. The average molecular weight is 449 g/mol. The molecule has 164 valence electrons. The van der Waals surface area contributed by atoms with Crippen LogP contribution in [0, 0.1) is 0 Å². The van der Waals surface area contributed by atoms with Gasteiger partial charge in [-0.2, -0.15) is 5.10 Å². The Morgan fingerprint density at radius 2 is 1.94 bits per heavy atom. The van der Waals surface area contributed by atoms with E-state index >= 15 is 0 Å². The van der Waals surface area contributed by atoms with Gasteiger partial charge in [-0.25, -0.2) is 9.78 Å². The predicted molar refractivity (Wildman–Crippen MR) is 131 cm³/mol. The summed E-state index contributed by atoms with van der Waals surface area (Å²) in [7, 11) is 1.63. The Labute approximate surface area is 190 Å². The smallest absolute Gasteiger partial charge is 0.345 e. The maximum atomic E-state index is 12.6. The van der Waals surface area contributed by atoms with Crippen LogP contribution in [0.3, 0.4) is 0 Å². The third-order valence-electron chi connectivity index (χ3n) is 5.12. The third-order valence-corrected chi connectivity index (χ3v) is 5.86. The van der Waals surface area contributed by atoms with Crippen molar-refractivity contribution < 1.29 is 9.15 Å². The van der Waals surface area contributed by atoms with Crippen molar-refractivity contribution in [3.63, 3.8) is 0 Å². The maximum absolute atomic E-state index is 12.6.